The summed E-state index contributed by atoms with van der Waals surface area (Å²) in [6.07, 6.45) is 2.94. The molecule has 0 spiro atoms. The van der Waals surface area contributed by atoms with Gasteiger partial charge in [-0.3, -0.25) is 4.79 Å². The van der Waals surface area contributed by atoms with Gasteiger partial charge in [-0.1, -0.05) is 11.6 Å². The Morgan fingerprint density at radius 2 is 2.31 bits per heavy atom. The van der Waals surface area contributed by atoms with E-state index >= 15 is 0 Å². The Morgan fingerprint density at radius 3 is 2.94 bits per heavy atom. The molecule has 5 heteroatoms. The monoisotopic (exact) mass is 226 g/mol. The molecule has 90 valence electrons. The molecule has 0 atom stereocenters. The Morgan fingerprint density at radius 1 is 1.50 bits per heavy atom. The summed E-state index contributed by atoms with van der Waals surface area (Å²) in [7, 11) is 0. The largest absolute Gasteiger partial charge is 0.481 e. The minimum Gasteiger partial charge on any atom is -0.481 e. The van der Waals surface area contributed by atoms with E-state index in [1.807, 2.05) is 13.0 Å². The summed E-state index contributed by atoms with van der Waals surface area (Å²) < 4.78 is 5.03. The van der Waals surface area contributed by atoms with Gasteiger partial charge in [0.1, 0.15) is 0 Å². The van der Waals surface area contributed by atoms with Crippen molar-refractivity contribution in [2.24, 2.45) is 0 Å². The number of aryl methyl sites for hydroxylation is 1. The number of hydrogen-bond donors (Lipinski definition) is 2. The van der Waals surface area contributed by atoms with Crippen LogP contribution in [0.5, 0.6) is 0 Å². The summed E-state index contributed by atoms with van der Waals surface area (Å²) in [4.78, 5) is 10.2. The van der Waals surface area contributed by atoms with Crippen LogP contribution in [0.25, 0.3) is 0 Å². The molecule has 0 aliphatic carbocycles. The second-order valence-electron chi connectivity index (χ2n) is 3.82. The maximum atomic E-state index is 10.2. The first kappa shape index (κ1) is 12.7. The molecule has 0 radical (unpaired) electrons. The van der Waals surface area contributed by atoms with E-state index in [1.165, 1.54) is 0 Å². The number of aliphatic carboxylic acids is 1. The normalized spacial score (nSPS) is 10.6. The SMILES string of the molecule is Cc1cc(CNCCCCCC(=O)O)on1. The lowest BCUT2D eigenvalue weighted by Gasteiger charge is -2.01. The van der Waals surface area contributed by atoms with Crippen LogP contribution in [0, 0.1) is 6.92 Å². The van der Waals surface area contributed by atoms with Gasteiger partial charge in [-0.2, -0.15) is 0 Å². The fourth-order valence-electron chi connectivity index (χ4n) is 1.41. The van der Waals surface area contributed by atoms with E-state index in [4.69, 9.17) is 9.63 Å². The molecule has 1 heterocycles. The highest BCUT2D eigenvalue weighted by Gasteiger charge is 1.99. The predicted octanol–water partition coefficient (Wildman–Crippen LogP) is 1.72. The van der Waals surface area contributed by atoms with Crippen LogP contribution in [0.2, 0.25) is 0 Å². The average Bonchev–Trinajstić information content (AvgIpc) is 2.62. The number of nitrogens with one attached hydrogen (secondary N) is 1. The van der Waals surface area contributed by atoms with Crippen molar-refractivity contribution in [2.75, 3.05) is 6.54 Å². The maximum Gasteiger partial charge on any atom is 0.303 e. The second-order valence-corrected chi connectivity index (χ2v) is 3.82. The van der Waals surface area contributed by atoms with Crippen molar-refractivity contribution in [3.05, 3.63) is 17.5 Å². The van der Waals surface area contributed by atoms with Crippen molar-refractivity contribution in [3.8, 4) is 0 Å². The zero-order valence-corrected chi connectivity index (χ0v) is 9.53. The van der Waals surface area contributed by atoms with E-state index < -0.39 is 5.97 Å². The highest BCUT2D eigenvalue weighted by Crippen LogP contribution is 2.02. The van der Waals surface area contributed by atoms with Gasteiger partial charge in [0.05, 0.1) is 12.2 Å². The van der Waals surface area contributed by atoms with Gasteiger partial charge in [-0.15, -0.1) is 0 Å². The highest BCUT2D eigenvalue weighted by molar-refractivity contribution is 5.66. The van der Waals surface area contributed by atoms with Crippen LogP contribution >= 0.6 is 0 Å². The first-order chi connectivity index (χ1) is 7.68. The Labute approximate surface area is 94.8 Å². The lowest BCUT2D eigenvalue weighted by atomic mass is 10.2. The maximum absolute atomic E-state index is 10.2. The Balaban J connectivity index is 1.94. The molecular formula is C11H18N2O3. The second kappa shape index (κ2) is 7.00. The number of hydrogen-bond acceptors (Lipinski definition) is 4. The molecule has 2 N–H and O–H groups in total. The van der Waals surface area contributed by atoms with Crippen LogP contribution in [-0.2, 0) is 11.3 Å². The lowest BCUT2D eigenvalue weighted by molar-refractivity contribution is -0.137. The molecule has 0 saturated heterocycles. The molecule has 0 aliphatic heterocycles. The van der Waals surface area contributed by atoms with Crippen molar-refractivity contribution >= 4 is 5.97 Å². The zero-order chi connectivity index (χ0) is 11.8. The minimum absolute atomic E-state index is 0.265. The molecule has 0 bridgehead atoms. The number of carboxylic acid groups (broad SMARTS) is 1. The molecule has 0 saturated carbocycles. The molecule has 1 rings (SSSR count). The number of nitrogens with zero attached hydrogens (tertiary/aromatic N) is 1. The molecule has 5 nitrogen and oxygen atoms in total. The third-order valence-electron chi connectivity index (χ3n) is 2.22. The van der Waals surface area contributed by atoms with Crippen molar-refractivity contribution in [1.82, 2.24) is 10.5 Å². The first-order valence-electron chi connectivity index (χ1n) is 5.53. The van der Waals surface area contributed by atoms with Crippen molar-refractivity contribution < 1.29 is 14.4 Å². The van der Waals surface area contributed by atoms with E-state index in [0.29, 0.717) is 6.54 Å². The van der Waals surface area contributed by atoms with Crippen molar-refractivity contribution in [1.29, 1.82) is 0 Å². The van der Waals surface area contributed by atoms with Gasteiger partial charge in [0.15, 0.2) is 5.76 Å². The molecule has 0 amide bonds. The zero-order valence-electron chi connectivity index (χ0n) is 9.53. The van der Waals surface area contributed by atoms with Crippen molar-refractivity contribution in [2.45, 2.75) is 39.2 Å². The Hall–Kier alpha value is -1.36. The van der Waals surface area contributed by atoms with Crippen LogP contribution in [0.15, 0.2) is 10.6 Å². The number of rotatable bonds is 8. The quantitative estimate of drug-likeness (QED) is 0.660. The summed E-state index contributed by atoms with van der Waals surface area (Å²) in [5, 5.41) is 15.4. The molecule has 1 aromatic heterocycles. The molecule has 0 unspecified atom stereocenters. The molecule has 0 fully saturated rings. The molecule has 0 aliphatic rings. The van der Waals surface area contributed by atoms with Gasteiger partial charge in [0.2, 0.25) is 0 Å². The van der Waals surface area contributed by atoms with Gasteiger partial charge in [-0.05, 0) is 26.3 Å². The lowest BCUT2D eigenvalue weighted by Crippen LogP contribution is -2.14. The summed E-state index contributed by atoms with van der Waals surface area (Å²) in [5.74, 6) is 0.119. The van der Waals surface area contributed by atoms with Crippen LogP contribution in [-0.4, -0.2) is 22.8 Å². The van der Waals surface area contributed by atoms with Gasteiger partial charge < -0.3 is 14.9 Å². The Bertz CT molecular complexity index is 323. The minimum atomic E-state index is -0.718. The third kappa shape index (κ3) is 5.50. The molecule has 0 aromatic carbocycles. The standard InChI is InChI=1S/C11H18N2O3/c1-9-7-10(16-13-9)8-12-6-4-2-3-5-11(14)15/h7,12H,2-6,8H2,1H3,(H,14,15). The fourth-order valence-corrected chi connectivity index (χ4v) is 1.41. The predicted molar refractivity (Wildman–Crippen MR) is 59.1 cm³/mol. The van der Waals surface area contributed by atoms with Gasteiger partial charge in [0, 0.05) is 12.5 Å². The summed E-state index contributed by atoms with van der Waals surface area (Å²) in [5.41, 5.74) is 0.887. The van der Waals surface area contributed by atoms with E-state index in [9.17, 15) is 4.79 Å². The van der Waals surface area contributed by atoms with E-state index in [-0.39, 0.29) is 6.42 Å². The van der Waals surface area contributed by atoms with Crippen molar-refractivity contribution in [3.63, 3.8) is 0 Å². The topological polar surface area (TPSA) is 75.4 Å². The molecule has 1 aromatic rings. The third-order valence-corrected chi connectivity index (χ3v) is 2.22. The van der Waals surface area contributed by atoms with Gasteiger partial charge in [0.25, 0.3) is 0 Å². The molecule has 16 heavy (non-hydrogen) atoms. The van der Waals surface area contributed by atoms with E-state index in [2.05, 4.69) is 10.5 Å². The summed E-state index contributed by atoms with van der Waals surface area (Å²) in [6.45, 7) is 3.44. The highest BCUT2D eigenvalue weighted by atomic mass is 16.5. The first-order valence-corrected chi connectivity index (χ1v) is 5.53. The van der Waals surface area contributed by atoms with Crippen LogP contribution in [0.1, 0.15) is 37.1 Å². The smallest absolute Gasteiger partial charge is 0.303 e. The number of aromatic nitrogens is 1. The number of carboxylic acids is 1. The Kier molecular flexibility index (Phi) is 5.56. The van der Waals surface area contributed by atoms with Crippen LogP contribution in [0.4, 0.5) is 0 Å². The average molecular weight is 226 g/mol. The number of unbranched alkanes of at least 4 members (excludes halogenated alkanes) is 2. The van der Waals surface area contributed by atoms with Gasteiger partial charge in [-0.25, -0.2) is 0 Å². The molecular weight excluding hydrogens is 208 g/mol. The van der Waals surface area contributed by atoms with Gasteiger partial charge >= 0.3 is 5.97 Å². The summed E-state index contributed by atoms with van der Waals surface area (Å²) in [6, 6.07) is 1.90. The van der Waals surface area contributed by atoms with Crippen LogP contribution < -0.4 is 5.32 Å². The fraction of sp³-hybridized carbons (Fsp3) is 0.636. The van der Waals surface area contributed by atoms with E-state index in [1.54, 1.807) is 0 Å². The number of carbonyl (C=O) groups is 1. The van der Waals surface area contributed by atoms with Crippen LogP contribution in [0.3, 0.4) is 0 Å². The summed E-state index contributed by atoms with van der Waals surface area (Å²) >= 11 is 0. The van der Waals surface area contributed by atoms with E-state index in [0.717, 1.165) is 37.3 Å².